The van der Waals surface area contributed by atoms with Gasteiger partial charge in [-0.3, -0.25) is 4.98 Å². The fourth-order valence-corrected chi connectivity index (χ4v) is 2.15. The van der Waals surface area contributed by atoms with Crippen LogP contribution in [0.2, 0.25) is 0 Å². The average molecular weight is 248 g/mol. The Labute approximate surface area is 105 Å². The molecule has 2 aromatic rings. The van der Waals surface area contributed by atoms with Crippen LogP contribution in [0.15, 0.2) is 24.5 Å². The third-order valence-electron chi connectivity index (χ3n) is 2.33. The molecule has 1 N–H and O–H groups in total. The molecule has 0 spiro atoms. The van der Waals surface area contributed by atoms with Crippen molar-refractivity contribution in [3.63, 3.8) is 0 Å². The Bertz CT molecular complexity index is 453. The highest BCUT2D eigenvalue weighted by Gasteiger charge is 2.09. The molecule has 5 heteroatoms. The van der Waals surface area contributed by atoms with Gasteiger partial charge >= 0.3 is 0 Å². The van der Waals surface area contributed by atoms with Crippen molar-refractivity contribution in [2.75, 3.05) is 6.54 Å². The second-order valence-electron chi connectivity index (χ2n) is 4.31. The highest BCUT2D eigenvalue weighted by atomic mass is 32.1. The lowest BCUT2D eigenvalue weighted by molar-refractivity contribution is 0.555. The monoisotopic (exact) mass is 248 g/mol. The molecule has 2 heterocycles. The van der Waals surface area contributed by atoms with Crippen molar-refractivity contribution in [2.24, 2.45) is 5.92 Å². The van der Waals surface area contributed by atoms with Crippen molar-refractivity contribution in [3.8, 4) is 11.3 Å². The zero-order chi connectivity index (χ0) is 12.1. The smallest absolute Gasteiger partial charge is 0.111 e. The van der Waals surface area contributed by atoms with E-state index in [-0.39, 0.29) is 0 Å². The normalized spacial score (nSPS) is 11.0. The predicted octanol–water partition coefficient (Wildman–Crippen LogP) is 2.35. The summed E-state index contributed by atoms with van der Waals surface area (Å²) in [5.74, 6) is 0.651. The van der Waals surface area contributed by atoms with E-state index in [0.29, 0.717) is 5.92 Å². The number of hydrogen-bond donors (Lipinski definition) is 1. The SMILES string of the molecule is CC(C)CNCc1snnc1-c1cccnc1. The molecule has 0 aliphatic rings. The van der Waals surface area contributed by atoms with Gasteiger partial charge in [0.05, 0.1) is 4.88 Å². The molecule has 0 amide bonds. The van der Waals surface area contributed by atoms with Gasteiger partial charge in [-0.1, -0.05) is 18.3 Å². The zero-order valence-electron chi connectivity index (χ0n) is 10.1. The summed E-state index contributed by atoms with van der Waals surface area (Å²) in [7, 11) is 0. The molecule has 0 unspecified atom stereocenters. The molecular formula is C12H16N4S. The topological polar surface area (TPSA) is 50.7 Å². The minimum atomic E-state index is 0.651. The van der Waals surface area contributed by atoms with Gasteiger partial charge in [0.15, 0.2) is 0 Å². The molecule has 0 bridgehead atoms. The Kier molecular flexibility index (Phi) is 4.17. The summed E-state index contributed by atoms with van der Waals surface area (Å²) in [5.41, 5.74) is 1.97. The number of rotatable bonds is 5. The number of pyridine rings is 1. The lowest BCUT2D eigenvalue weighted by atomic mass is 10.2. The minimum Gasteiger partial charge on any atom is -0.311 e. The molecule has 0 saturated heterocycles. The van der Waals surface area contributed by atoms with E-state index in [9.17, 15) is 0 Å². The number of hydrogen-bond acceptors (Lipinski definition) is 5. The van der Waals surface area contributed by atoms with Gasteiger partial charge in [0.1, 0.15) is 5.69 Å². The van der Waals surface area contributed by atoms with Crippen molar-refractivity contribution in [2.45, 2.75) is 20.4 Å². The van der Waals surface area contributed by atoms with Crippen LogP contribution in [-0.4, -0.2) is 21.1 Å². The molecule has 4 nitrogen and oxygen atoms in total. The molecular weight excluding hydrogens is 232 g/mol. The van der Waals surface area contributed by atoms with E-state index in [1.807, 2.05) is 18.3 Å². The number of nitrogens with zero attached hydrogens (tertiary/aromatic N) is 3. The van der Waals surface area contributed by atoms with Crippen LogP contribution in [0.5, 0.6) is 0 Å². The first kappa shape index (κ1) is 12.1. The number of aromatic nitrogens is 3. The average Bonchev–Trinajstić information content (AvgIpc) is 2.78. The molecule has 0 atom stereocenters. The largest absolute Gasteiger partial charge is 0.311 e. The van der Waals surface area contributed by atoms with Gasteiger partial charge in [0, 0.05) is 24.5 Å². The van der Waals surface area contributed by atoms with Gasteiger partial charge < -0.3 is 5.32 Å². The molecule has 17 heavy (non-hydrogen) atoms. The van der Waals surface area contributed by atoms with Gasteiger partial charge in [-0.25, -0.2) is 0 Å². The van der Waals surface area contributed by atoms with Crippen molar-refractivity contribution in [1.29, 1.82) is 0 Å². The molecule has 0 aliphatic heterocycles. The van der Waals surface area contributed by atoms with Crippen molar-refractivity contribution in [3.05, 3.63) is 29.4 Å². The zero-order valence-corrected chi connectivity index (χ0v) is 10.9. The van der Waals surface area contributed by atoms with Crippen LogP contribution in [0.25, 0.3) is 11.3 Å². The van der Waals surface area contributed by atoms with E-state index < -0.39 is 0 Å². The van der Waals surface area contributed by atoms with Crippen LogP contribution in [0.4, 0.5) is 0 Å². The Hall–Kier alpha value is -1.33. The standard InChI is InChI=1S/C12H16N4S/c1-9(2)6-14-8-11-12(15-16-17-11)10-4-3-5-13-7-10/h3-5,7,9,14H,6,8H2,1-2H3. The molecule has 0 fully saturated rings. The highest BCUT2D eigenvalue weighted by molar-refractivity contribution is 7.05. The molecule has 0 radical (unpaired) electrons. The maximum absolute atomic E-state index is 4.17. The maximum atomic E-state index is 4.17. The van der Waals surface area contributed by atoms with Crippen LogP contribution >= 0.6 is 11.5 Å². The highest BCUT2D eigenvalue weighted by Crippen LogP contribution is 2.22. The Morgan fingerprint density at radius 3 is 3.00 bits per heavy atom. The lowest BCUT2D eigenvalue weighted by Gasteiger charge is -2.06. The van der Waals surface area contributed by atoms with E-state index in [4.69, 9.17) is 0 Å². The fraction of sp³-hybridized carbons (Fsp3) is 0.417. The van der Waals surface area contributed by atoms with E-state index in [1.165, 1.54) is 16.4 Å². The summed E-state index contributed by atoms with van der Waals surface area (Å²) in [5, 5.41) is 7.58. The van der Waals surface area contributed by atoms with Gasteiger partial charge in [0.25, 0.3) is 0 Å². The van der Waals surface area contributed by atoms with E-state index >= 15 is 0 Å². The van der Waals surface area contributed by atoms with Crippen LogP contribution in [-0.2, 0) is 6.54 Å². The summed E-state index contributed by atoms with van der Waals surface area (Å²) in [6.45, 7) is 6.21. The Morgan fingerprint density at radius 2 is 2.29 bits per heavy atom. The molecule has 0 aliphatic carbocycles. The van der Waals surface area contributed by atoms with E-state index in [2.05, 4.69) is 33.7 Å². The fourth-order valence-electron chi connectivity index (χ4n) is 1.52. The van der Waals surface area contributed by atoms with Crippen molar-refractivity contribution < 1.29 is 0 Å². The first-order valence-electron chi connectivity index (χ1n) is 5.69. The van der Waals surface area contributed by atoms with Gasteiger partial charge in [-0.15, -0.1) is 5.10 Å². The van der Waals surface area contributed by atoms with Crippen LogP contribution in [0.3, 0.4) is 0 Å². The third kappa shape index (κ3) is 3.31. The molecule has 2 rings (SSSR count). The summed E-state index contributed by atoms with van der Waals surface area (Å²) in [6, 6.07) is 3.93. The van der Waals surface area contributed by atoms with Crippen molar-refractivity contribution >= 4 is 11.5 Å². The maximum Gasteiger partial charge on any atom is 0.111 e. The lowest BCUT2D eigenvalue weighted by Crippen LogP contribution is -2.18. The van der Waals surface area contributed by atoms with E-state index in [1.54, 1.807) is 6.20 Å². The summed E-state index contributed by atoms with van der Waals surface area (Å²) < 4.78 is 4.02. The third-order valence-corrected chi connectivity index (χ3v) is 3.05. The number of nitrogens with one attached hydrogen (secondary N) is 1. The molecule has 0 aromatic carbocycles. The quantitative estimate of drug-likeness (QED) is 0.882. The summed E-state index contributed by atoms with van der Waals surface area (Å²) in [4.78, 5) is 5.27. The predicted molar refractivity (Wildman–Crippen MR) is 69.7 cm³/mol. The van der Waals surface area contributed by atoms with Gasteiger partial charge in [0.2, 0.25) is 0 Å². The second kappa shape index (κ2) is 5.84. The van der Waals surface area contributed by atoms with Crippen LogP contribution in [0, 0.1) is 5.92 Å². The van der Waals surface area contributed by atoms with Crippen molar-refractivity contribution in [1.82, 2.24) is 19.9 Å². The molecule has 0 saturated carbocycles. The second-order valence-corrected chi connectivity index (χ2v) is 5.15. The minimum absolute atomic E-state index is 0.651. The van der Waals surface area contributed by atoms with E-state index in [0.717, 1.165) is 24.3 Å². The van der Waals surface area contributed by atoms with Gasteiger partial charge in [-0.05, 0) is 36.1 Å². The van der Waals surface area contributed by atoms with Crippen LogP contribution < -0.4 is 5.32 Å². The summed E-state index contributed by atoms with van der Waals surface area (Å²) >= 11 is 1.44. The first-order chi connectivity index (χ1) is 8.27. The Morgan fingerprint density at radius 1 is 1.41 bits per heavy atom. The molecule has 2 aromatic heterocycles. The molecule has 90 valence electrons. The van der Waals surface area contributed by atoms with Gasteiger partial charge in [-0.2, -0.15) is 0 Å². The first-order valence-corrected chi connectivity index (χ1v) is 6.47. The Balaban J connectivity index is 2.07. The van der Waals surface area contributed by atoms with Crippen LogP contribution in [0.1, 0.15) is 18.7 Å². The summed E-state index contributed by atoms with van der Waals surface area (Å²) in [6.07, 6.45) is 3.59.